The number of H-pyrrole nitrogens is 1. The van der Waals surface area contributed by atoms with Crippen LogP contribution in [0.4, 0.5) is 0 Å². The molecule has 2 aliphatic rings. The highest BCUT2D eigenvalue weighted by molar-refractivity contribution is 5.88. The van der Waals surface area contributed by atoms with Gasteiger partial charge in [-0.2, -0.15) is 0 Å². The molecule has 1 aromatic carbocycles. The number of hydrogen-bond acceptors (Lipinski definition) is 2. The Morgan fingerprint density at radius 2 is 2.28 bits per heavy atom. The summed E-state index contributed by atoms with van der Waals surface area (Å²) in [6.45, 7) is 1.87. The number of fused-ring (bicyclic) bond motifs is 2. The van der Waals surface area contributed by atoms with Crippen molar-refractivity contribution in [1.82, 2.24) is 10.3 Å². The molecule has 1 aliphatic carbocycles. The first kappa shape index (κ1) is 10.6. The second-order valence-corrected chi connectivity index (χ2v) is 5.75. The van der Waals surface area contributed by atoms with Crippen LogP contribution in [0.5, 0.6) is 0 Å². The van der Waals surface area contributed by atoms with E-state index in [1.54, 1.807) is 0 Å². The van der Waals surface area contributed by atoms with Gasteiger partial charge in [0.15, 0.2) is 0 Å². The summed E-state index contributed by atoms with van der Waals surface area (Å²) < 4.78 is 0. The van der Waals surface area contributed by atoms with Gasteiger partial charge in [0.1, 0.15) is 0 Å². The fourth-order valence-corrected chi connectivity index (χ4v) is 3.80. The van der Waals surface area contributed by atoms with Crippen LogP contribution in [0.25, 0.3) is 10.9 Å². The van der Waals surface area contributed by atoms with E-state index in [9.17, 15) is 0 Å². The van der Waals surface area contributed by atoms with Crippen LogP contribution >= 0.6 is 0 Å². The number of benzene rings is 1. The van der Waals surface area contributed by atoms with Crippen molar-refractivity contribution in [3.8, 4) is 0 Å². The van der Waals surface area contributed by atoms with Crippen molar-refractivity contribution in [2.75, 3.05) is 13.1 Å². The molecule has 0 amide bonds. The van der Waals surface area contributed by atoms with Crippen molar-refractivity contribution in [1.29, 1.82) is 0 Å². The molecule has 1 saturated heterocycles. The van der Waals surface area contributed by atoms with Crippen molar-refractivity contribution in [2.24, 2.45) is 11.7 Å². The average Bonchev–Trinajstić information content (AvgIpc) is 2.83. The van der Waals surface area contributed by atoms with Gasteiger partial charge < -0.3 is 16.0 Å². The largest absolute Gasteiger partial charge is 0.361 e. The van der Waals surface area contributed by atoms with E-state index in [0.717, 1.165) is 19.5 Å². The first-order valence-corrected chi connectivity index (χ1v) is 6.89. The number of nitrogens with two attached hydrogens (primary N) is 1. The third kappa shape index (κ3) is 1.38. The van der Waals surface area contributed by atoms with Crippen LogP contribution in [0.2, 0.25) is 0 Å². The fourth-order valence-electron chi connectivity index (χ4n) is 3.80. The molecule has 4 rings (SSSR count). The van der Waals surface area contributed by atoms with Crippen LogP contribution in [-0.2, 0) is 6.42 Å². The molecule has 2 heterocycles. The predicted octanol–water partition coefficient (Wildman–Crippen LogP) is 1.74. The maximum absolute atomic E-state index is 5.85. The number of hydrogen-bond donors (Lipinski definition) is 3. The topological polar surface area (TPSA) is 53.8 Å². The van der Waals surface area contributed by atoms with Gasteiger partial charge in [-0.15, -0.1) is 0 Å². The van der Waals surface area contributed by atoms with Crippen molar-refractivity contribution in [3.63, 3.8) is 0 Å². The molecule has 3 atom stereocenters. The van der Waals surface area contributed by atoms with Gasteiger partial charge in [0.05, 0.1) is 0 Å². The highest BCUT2D eigenvalue weighted by Crippen LogP contribution is 2.41. The highest BCUT2D eigenvalue weighted by atomic mass is 14.9. The number of rotatable bonds is 1. The monoisotopic (exact) mass is 241 g/mol. The summed E-state index contributed by atoms with van der Waals surface area (Å²) in [4.78, 5) is 3.40. The molecule has 1 aromatic heterocycles. The lowest BCUT2D eigenvalue weighted by atomic mass is 9.73. The van der Waals surface area contributed by atoms with Gasteiger partial charge in [0.2, 0.25) is 0 Å². The van der Waals surface area contributed by atoms with Gasteiger partial charge in [0.25, 0.3) is 0 Å². The standard InChI is InChI=1S/C15H19N3/c16-6-9-4-12-11-2-1-3-13-15(11)10(8-18-13)5-14(12)17-7-9/h1-3,8-9,12,14,17-18H,4-7,16H2/t9-,12+,14+/m0/s1. The first-order valence-electron chi connectivity index (χ1n) is 6.89. The number of piperidine rings is 1. The van der Waals surface area contributed by atoms with Crippen LogP contribution in [0.3, 0.4) is 0 Å². The Balaban J connectivity index is 1.85. The van der Waals surface area contributed by atoms with Gasteiger partial charge in [-0.05, 0) is 49.0 Å². The normalized spacial score (nSPS) is 30.4. The quantitative estimate of drug-likeness (QED) is 0.712. The lowest BCUT2D eigenvalue weighted by Gasteiger charge is -2.40. The highest BCUT2D eigenvalue weighted by Gasteiger charge is 2.35. The van der Waals surface area contributed by atoms with Crippen LogP contribution < -0.4 is 11.1 Å². The summed E-state index contributed by atoms with van der Waals surface area (Å²) in [5, 5.41) is 5.17. The molecule has 0 unspecified atom stereocenters. The number of aromatic nitrogens is 1. The molecule has 0 radical (unpaired) electrons. The van der Waals surface area contributed by atoms with Crippen molar-refractivity contribution in [3.05, 3.63) is 35.5 Å². The first-order chi connectivity index (χ1) is 8.86. The Morgan fingerprint density at radius 3 is 3.17 bits per heavy atom. The maximum atomic E-state index is 5.85. The van der Waals surface area contributed by atoms with Gasteiger partial charge in [-0.3, -0.25) is 0 Å². The van der Waals surface area contributed by atoms with E-state index in [1.165, 1.54) is 28.5 Å². The summed E-state index contributed by atoms with van der Waals surface area (Å²) in [5.41, 5.74) is 10.1. The molecule has 3 nitrogen and oxygen atoms in total. The molecular weight excluding hydrogens is 222 g/mol. The van der Waals surface area contributed by atoms with Gasteiger partial charge >= 0.3 is 0 Å². The van der Waals surface area contributed by atoms with Crippen LogP contribution in [0.15, 0.2) is 24.4 Å². The predicted molar refractivity (Wildman–Crippen MR) is 73.7 cm³/mol. The molecule has 0 spiro atoms. The van der Waals surface area contributed by atoms with Crippen LogP contribution in [-0.4, -0.2) is 24.1 Å². The molecule has 4 N–H and O–H groups in total. The maximum Gasteiger partial charge on any atom is 0.0459 e. The second-order valence-electron chi connectivity index (χ2n) is 5.75. The summed E-state index contributed by atoms with van der Waals surface area (Å²) in [7, 11) is 0. The van der Waals surface area contributed by atoms with Gasteiger partial charge in [-0.1, -0.05) is 12.1 Å². The SMILES string of the molecule is NC[C@H]1CN[C@@H]2Cc3c[nH]c4cccc(c34)[C@H]2C1. The van der Waals surface area contributed by atoms with Crippen molar-refractivity contribution in [2.45, 2.75) is 24.8 Å². The molecule has 0 saturated carbocycles. The molecular formula is C15H19N3. The minimum Gasteiger partial charge on any atom is -0.361 e. The Bertz CT molecular complexity index is 586. The molecule has 1 aliphatic heterocycles. The lowest BCUT2D eigenvalue weighted by Crippen LogP contribution is -2.48. The summed E-state index contributed by atoms with van der Waals surface area (Å²) in [6, 6.07) is 7.25. The smallest absolute Gasteiger partial charge is 0.0459 e. The summed E-state index contributed by atoms with van der Waals surface area (Å²) in [6.07, 6.45) is 4.57. The third-order valence-corrected chi connectivity index (χ3v) is 4.73. The van der Waals surface area contributed by atoms with Gasteiger partial charge in [0, 0.05) is 29.1 Å². The van der Waals surface area contributed by atoms with E-state index in [0.29, 0.717) is 17.9 Å². The van der Waals surface area contributed by atoms with Crippen LogP contribution in [0.1, 0.15) is 23.5 Å². The van der Waals surface area contributed by atoms with E-state index in [-0.39, 0.29) is 0 Å². The molecule has 3 heteroatoms. The van der Waals surface area contributed by atoms with E-state index in [2.05, 4.69) is 34.7 Å². The average molecular weight is 241 g/mol. The zero-order chi connectivity index (χ0) is 12.1. The van der Waals surface area contributed by atoms with E-state index in [1.807, 2.05) is 0 Å². The summed E-state index contributed by atoms with van der Waals surface area (Å²) >= 11 is 0. The van der Waals surface area contributed by atoms with Crippen molar-refractivity contribution >= 4 is 10.9 Å². The van der Waals surface area contributed by atoms with Gasteiger partial charge in [-0.25, -0.2) is 0 Å². The third-order valence-electron chi connectivity index (χ3n) is 4.73. The Morgan fingerprint density at radius 1 is 1.33 bits per heavy atom. The zero-order valence-electron chi connectivity index (χ0n) is 10.4. The zero-order valence-corrected chi connectivity index (χ0v) is 10.4. The summed E-state index contributed by atoms with van der Waals surface area (Å²) in [5.74, 6) is 1.27. The number of nitrogens with one attached hydrogen (secondary N) is 2. The van der Waals surface area contributed by atoms with E-state index >= 15 is 0 Å². The molecule has 18 heavy (non-hydrogen) atoms. The fraction of sp³-hybridized carbons (Fsp3) is 0.467. The lowest BCUT2D eigenvalue weighted by molar-refractivity contribution is 0.273. The number of aromatic amines is 1. The molecule has 0 bridgehead atoms. The van der Waals surface area contributed by atoms with E-state index in [4.69, 9.17) is 5.73 Å². The minimum atomic E-state index is 0.599. The van der Waals surface area contributed by atoms with Crippen molar-refractivity contribution < 1.29 is 0 Å². The Hall–Kier alpha value is -1.32. The molecule has 2 aromatic rings. The second kappa shape index (κ2) is 3.84. The van der Waals surface area contributed by atoms with Crippen LogP contribution in [0, 0.1) is 5.92 Å². The van der Waals surface area contributed by atoms with E-state index < -0.39 is 0 Å². The minimum absolute atomic E-state index is 0.599. The Kier molecular flexibility index (Phi) is 2.26. The molecule has 1 fully saturated rings. The Labute approximate surface area is 107 Å². The molecule has 94 valence electrons.